The van der Waals surface area contributed by atoms with Crippen LogP contribution in [0.25, 0.3) is 0 Å². The van der Waals surface area contributed by atoms with Gasteiger partial charge in [-0.3, -0.25) is 24.0 Å². The molecule has 0 bridgehead atoms. The molecule has 77 heavy (non-hydrogen) atoms. The first-order valence-electron chi connectivity index (χ1n) is 31.7. The summed E-state index contributed by atoms with van der Waals surface area (Å²) in [5.74, 6) is 0.293. The molecule has 0 amide bonds. The summed E-state index contributed by atoms with van der Waals surface area (Å²) in [5.41, 5.74) is -2.52. The van der Waals surface area contributed by atoms with Gasteiger partial charge in [0.25, 0.3) is 0 Å². The molecule has 0 aromatic heterocycles. The molecular formula is C67H124O10. The van der Waals surface area contributed by atoms with Crippen LogP contribution in [0.4, 0.5) is 0 Å². The van der Waals surface area contributed by atoms with Gasteiger partial charge < -0.3 is 23.7 Å². The minimum Gasteiger partial charge on any atom is -0.459 e. The summed E-state index contributed by atoms with van der Waals surface area (Å²) < 4.78 is 28.9. The highest BCUT2D eigenvalue weighted by Gasteiger charge is 2.44. The molecule has 0 saturated heterocycles. The summed E-state index contributed by atoms with van der Waals surface area (Å²) >= 11 is 0. The van der Waals surface area contributed by atoms with Gasteiger partial charge in [0.1, 0.15) is 28.0 Å². The zero-order valence-electron chi connectivity index (χ0n) is 54.4. The molecule has 452 valence electrons. The Balaban J connectivity index is 0.000000482. The van der Waals surface area contributed by atoms with Crippen LogP contribution in [0.5, 0.6) is 0 Å². The lowest BCUT2D eigenvalue weighted by Crippen LogP contribution is -2.45. The molecule has 0 aromatic rings. The van der Waals surface area contributed by atoms with Crippen molar-refractivity contribution in [3.8, 4) is 0 Å². The molecule has 5 aliphatic rings. The third kappa shape index (κ3) is 23.0. The monoisotopic (exact) mass is 1090 g/mol. The predicted octanol–water partition coefficient (Wildman–Crippen LogP) is 19.1. The van der Waals surface area contributed by atoms with Gasteiger partial charge in [-0.2, -0.15) is 0 Å². The van der Waals surface area contributed by atoms with E-state index in [4.69, 9.17) is 23.7 Å². The van der Waals surface area contributed by atoms with E-state index in [1.165, 1.54) is 83.5 Å². The van der Waals surface area contributed by atoms with E-state index in [0.717, 1.165) is 109 Å². The average Bonchev–Trinajstić information content (AvgIpc) is 4.06. The van der Waals surface area contributed by atoms with Gasteiger partial charge in [-0.15, -0.1) is 0 Å². The normalized spacial score (nSPS) is 20.6. The predicted molar refractivity (Wildman–Crippen MR) is 317 cm³/mol. The van der Waals surface area contributed by atoms with E-state index in [9.17, 15) is 24.0 Å². The van der Waals surface area contributed by atoms with Crippen molar-refractivity contribution in [2.24, 2.45) is 33.0 Å². The zero-order valence-corrected chi connectivity index (χ0v) is 54.4. The van der Waals surface area contributed by atoms with Crippen LogP contribution in [-0.4, -0.2) is 57.9 Å². The first-order chi connectivity index (χ1) is 35.5. The molecule has 0 spiro atoms. The first kappa shape index (κ1) is 72.4. The Hall–Kier alpha value is -2.65. The molecule has 5 aliphatic carbocycles. The molecule has 0 aromatic carbocycles. The van der Waals surface area contributed by atoms with Crippen molar-refractivity contribution < 1.29 is 47.7 Å². The molecule has 10 heteroatoms. The van der Waals surface area contributed by atoms with Crippen molar-refractivity contribution in [2.45, 2.75) is 366 Å². The molecule has 0 atom stereocenters. The fourth-order valence-corrected chi connectivity index (χ4v) is 10.3. The van der Waals surface area contributed by atoms with Crippen LogP contribution in [0.15, 0.2) is 0 Å². The van der Waals surface area contributed by atoms with E-state index in [1.807, 2.05) is 104 Å². The number of hydrogen-bond acceptors (Lipinski definition) is 10. The van der Waals surface area contributed by atoms with Crippen molar-refractivity contribution in [1.82, 2.24) is 0 Å². The summed E-state index contributed by atoms with van der Waals surface area (Å²) in [7, 11) is 0. The number of carbonyl (C=O) groups is 5. The summed E-state index contributed by atoms with van der Waals surface area (Å²) in [6.07, 6.45) is 32.3. The summed E-state index contributed by atoms with van der Waals surface area (Å²) in [6.45, 7) is 42.6. The topological polar surface area (TPSA) is 132 Å². The minimum atomic E-state index is -0.348. The van der Waals surface area contributed by atoms with Crippen LogP contribution in [0.2, 0.25) is 0 Å². The quantitative estimate of drug-likeness (QED) is 0.0965. The minimum absolute atomic E-state index is 0.0150. The molecule has 0 radical (unpaired) electrons. The van der Waals surface area contributed by atoms with E-state index in [-0.39, 0.29) is 84.9 Å². The Bertz CT molecular complexity index is 1750. The first-order valence-corrected chi connectivity index (χ1v) is 31.7. The second kappa shape index (κ2) is 31.5. The second-order valence-corrected chi connectivity index (χ2v) is 28.4. The maximum absolute atomic E-state index is 12.3. The van der Waals surface area contributed by atoms with E-state index in [1.54, 1.807) is 0 Å². The van der Waals surface area contributed by atoms with E-state index in [0.29, 0.717) is 5.92 Å². The average molecular weight is 1090 g/mol. The fourth-order valence-electron chi connectivity index (χ4n) is 10.3. The third-order valence-electron chi connectivity index (χ3n) is 19.7. The number of esters is 5. The number of carbonyl (C=O) groups excluding carboxylic acids is 5. The summed E-state index contributed by atoms with van der Waals surface area (Å²) in [6, 6.07) is 0. The van der Waals surface area contributed by atoms with E-state index in [2.05, 4.69) is 41.5 Å². The molecule has 5 rings (SSSR count). The highest BCUT2D eigenvalue weighted by molar-refractivity contribution is 5.78. The van der Waals surface area contributed by atoms with E-state index >= 15 is 0 Å². The van der Waals surface area contributed by atoms with Crippen LogP contribution in [-0.2, 0) is 47.7 Å². The molecular weight excluding hydrogens is 965 g/mol. The number of hydrogen-bond donors (Lipinski definition) is 0. The lowest BCUT2D eigenvalue weighted by atomic mass is 9.76. The van der Waals surface area contributed by atoms with Gasteiger partial charge in [0, 0.05) is 0 Å². The lowest BCUT2D eigenvalue weighted by molar-refractivity contribution is -0.180. The standard InChI is InChI=1S/C15H28O2.C14H26O2.2C13H24O2.C12H22O2/c1-6-14(4,5)13(16)17-15(12(2)3)10-8-7-9-11-15;1-5-13(3,4)12(15)16-14(6-2)10-8-7-9-11-14;1-5-12(2,3)11(14)15-13(4)9-7-6-8-10-13;1-5-12(3,4)11(14)15-13(6-2)9-7-8-10-13;1-5-11(2,3)10(13)14-12(4)8-6-7-9-12/h12H,6-11H2,1-5H3;5-11H2,1-4H3;2*5-10H2,1-4H3;5-9H2,1-4H3. The Morgan fingerprint density at radius 1 is 0.325 bits per heavy atom. The van der Waals surface area contributed by atoms with Gasteiger partial charge in [-0.25, -0.2) is 0 Å². The SMILES string of the molecule is CCC(C)(C)C(=O)OC1(C(C)C)CCCCC1.CCC(C)(C)C(=O)OC1(C)CCCC1.CCC(C)(C)C(=O)OC1(C)CCCCC1.CCC1(OC(=O)C(C)(C)CC)CCCC1.CCC1(OC(=O)C(C)(C)CC)CCCCC1. The van der Waals surface area contributed by atoms with Gasteiger partial charge in [0.05, 0.1) is 27.1 Å². The second-order valence-electron chi connectivity index (χ2n) is 28.4. The lowest BCUT2D eigenvalue weighted by Gasteiger charge is -2.42. The highest BCUT2D eigenvalue weighted by atomic mass is 16.6. The maximum Gasteiger partial charge on any atom is 0.312 e. The molecule has 0 aliphatic heterocycles. The Morgan fingerprint density at radius 2 is 0.532 bits per heavy atom. The molecule has 5 saturated carbocycles. The van der Waals surface area contributed by atoms with Gasteiger partial charge in [0.2, 0.25) is 0 Å². The Morgan fingerprint density at radius 3 is 0.779 bits per heavy atom. The largest absolute Gasteiger partial charge is 0.459 e. The van der Waals surface area contributed by atoms with Crippen molar-refractivity contribution in [3.63, 3.8) is 0 Å². The van der Waals surface area contributed by atoms with Crippen LogP contribution in [0.3, 0.4) is 0 Å². The molecule has 0 unspecified atom stereocenters. The van der Waals surface area contributed by atoms with Crippen LogP contribution >= 0.6 is 0 Å². The fraction of sp³-hybridized carbons (Fsp3) is 0.925. The number of ether oxygens (including phenoxy) is 5. The van der Waals surface area contributed by atoms with Crippen molar-refractivity contribution in [3.05, 3.63) is 0 Å². The van der Waals surface area contributed by atoms with Gasteiger partial charge in [0.15, 0.2) is 0 Å². The van der Waals surface area contributed by atoms with Crippen molar-refractivity contribution in [2.75, 3.05) is 0 Å². The van der Waals surface area contributed by atoms with Gasteiger partial charge in [-0.05, 0) is 262 Å². The van der Waals surface area contributed by atoms with E-state index < -0.39 is 0 Å². The Labute approximate surface area is 474 Å². The smallest absolute Gasteiger partial charge is 0.312 e. The summed E-state index contributed by atoms with van der Waals surface area (Å²) in [5, 5.41) is 0. The Kier molecular flexibility index (Phi) is 29.6. The van der Waals surface area contributed by atoms with Crippen molar-refractivity contribution in [1.29, 1.82) is 0 Å². The summed E-state index contributed by atoms with van der Waals surface area (Å²) in [4.78, 5) is 60.1. The molecule has 5 fully saturated rings. The third-order valence-corrected chi connectivity index (χ3v) is 19.7. The van der Waals surface area contributed by atoms with Gasteiger partial charge >= 0.3 is 29.8 Å². The number of rotatable bonds is 18. The van der Waals surface area contributed by atoms with Gasteiger partial charge in [-0.1, -0.05) is 81.6 Å². The van der Waals surface area contributed by atoms with Crippen LogP contribution < -0.4 is 0 Å². The molecule has 0 heterocycles. The van der Waals surface area contributed by atoms with Crippen LogP contribution in [0.1, 0.15) is 338 Å². The van der Waals surface area contributed by atoms with Crippen molar-refractivity contribution >= 4 is 29.8 Å². The van der Waals surface area contributed by atoms with Crippen LogP contribution in [0, 0.1) is 33.0 Å². The molecule has 0 N–H and O–H groups in total. The molecule has 10 nitrogen and oxygen atoms in total. The highest BCUT2D eigenvalue weighted by Crippen LogP contribution is 2.42. The zero-order chi connectivity index (χ0) is 59.2. The maximum atomic E-state index is 12.3.